The van der Waals surface area contributed by atoms with Gasteiger partial charge >= 0.3 is 23.9 Å². The zero-order valence-electron chi connectivity index (χ0n) is 24.3. The van der Waals surface area contributed by atoms with Gasteiger partial charge in [-0.15, -0.1) is 0 Å². The van der Waals surface area contributed by atoms with E-state index in [2.05, 4.69) is 16.0 Å². The zero-order valence-corrected chi connectivity index (χ0v) is 24.3. The summed E-state index contributed by atoms with van der Waals surface area (Å²) in [6.45, 7) is 1.83. The van der Waals surface area contributed by atoms with Crippen LogP contribution in [0, 0.1) is 0 Å². The molecule has 7 N–H and O–H groups in total. The summed E-state index contributed by atoms with van der Waals surface area (Å²) in [4.78, 5) is 81.6. The Balaban J connectivity index is 2.23. The summed E-state index contributed by atoms with van der Waals surface area (Å²) in [5, 5.41) is 36.7. The van der Waals surface area contributed by atoms with Crippen LogP contribution in [-0.2, 0) is 35.2 Å². The maximum atomic E-state index is 12.3. The molecule has 0 saturated heterocycles. The van der Waals surface area contributed by atoms with Gasteiger partial charge in [-0.2, -0.15) is 0 Å². The van der Waals surface area contributed by atoms with E-state index in [1.54, 1.807) is 0 Å². The molecule has 0 bridgehead atoms. The number of hydrogen-bond acceptors (Lipinski definition) is 7. The standard InChI is InChI=1S/C29H42N4O10/c1-19(34)23(18-20-10-6-5-7-11-20)31-25(36)12-8-3-2-4-9-17-30-24(35)15-13-21(27(39)40)32-29(43)33-22(28(41)42)14-16-26(37)38/h5-7,10-11,21-23H,2-4,8-9,12-18H2,1H3,(H,30,35)(H,31,36)(H,37,38)(H,39,40)(H,41,42)(H2,32,33,43)/t21?,22?,23-/m0/s1. The number of aliphatic carboxylic acids is 3. The summed E-state index contributed by atoms with van der Waals surface area (Å²) in [5.41, 5.74) is 0.971. The van der Waals surface area contributed by atoms with Crippen molar-refractivity contribution < 1.29 is 48.9 Å². The normalized spacial score (nSPS) is 12.7. The van der Waals surface area contributed by atoms with E-state index < -0.39 is 54.4 Å². The third-order valence-electron chi connectivity index (χ3n) is 6.53. The van der Waals surface area contributed by atoms with E-state index in [-0.39, 0.29) is 31.0 Å². The Labute approximate surface area is 250 Å². The van der Waals surface area contributed by atoms with Crippen LogP contribution in [0.5, 0.6) is 0 Å². The number of unbranched alkanes of at least 4 members (excludes halogenated alkanes) is 4. The SMILES string of the molecule is CC(=O)[C@H](Cc1ccccc1)NC(=O)CCCCCCCNC(=O)CCC(NC(=O)NC(CCC(=O)O)C(=O)O)C(=O)O. The van der Waals surface area contributed by atoms with Crippen LogP contribution in [0.25, 0.3) is 0 Å². The molecule has 14 nitrogen and oxygen atoms in total. The highest BCUT2D eigenvalue weighted by Crippen LogP contribution is 2.08. The minimum Gasteiger partial charge on any atom is -0.481 e. The van der Waals surface area contributed by atoms with Gasteiger partial charge in [-0.05, 0) is 44.6 Å². The van der Waals surface area contributed by atoms with Crippen LogP contribution in [0.15, 0.2) is 30.3 Å². The number of amides is 4. The lowest BCUT2D eigenvalue weighted by atomic mass is 10.0. The van der Waals surface area contributed by atoms with Crippen molar-refractivity contribution in [3.05, 3.63) is 35.9 Å². The minimum atomic E-state index is -1.52. The van der Waals surface area contributed by atoms with Crippen molar-refractivity contribution in [2.75, 3.05) is 6.54 Å². The lowest BCUT2D eigenvalue weighted by Gasteiger charge is -2.18. The fourth-order valence-electron chi connectivity index (χ4n) is 4.09. The van der Waals surface area contributed by atoms with Gasteiger partial charge in [0.2, 0.25) is 11.8 Å². The largest absolute Gasteiger partial charge is 0.481 e. The number of rotatable bonds is 22. The van der Waals surface area contributed by atoms with Crippen molar-refractivity contribution >= 4 is 41.5 Å². The molecule has 0 fully saturated rings. The molecule has 238 valence electrons. The Morgan fingerprint density at radius 2 is 1.21 bits per heavy atom. The molecule has 43 heavy (non-hydrogen) atoms. The van der Waals surface area contributed by atoms with Crippen molar-refractivity contribution in [2.45, 2.75) is 95.7 Å². The van der Waals surface area contributed by atoms with Crippen LogP contribution in [0.2, 0.25) is 0 Å². The molecule has 4 amide bonds. The van der Waals surface area contributed by atoms with Crippen LogP contribution in [0.3, 0.4) is 0 Å². The lowest BCUT2D eigenvalue weighted by molar-refractivity contribution is -0.141. The molecular formula is C29H42N4O10. The Morgan fingerprint density at radius 1 is 0.651 bits per heavy atom. The molecule has 0 heterocycles. The molecule has 2 unspecified atom stereocenters. The van der Waals surface area contributed by atoms with Gasteiger partial charge in [0.1, 0.15) is 12.1 Å². The minimum absolute atomic E-state index is 0.0988. The topological polar surface area (TPSA) is 228 Å². The first-order valence-corrected chi connectivity index (χ1v) is 14.2. The Morgan fingerprint density at radius 3 is 1.77 bits per heavy atom. The lowest BCUT2D eigenvalue weighted by Crippen LogP contribution is -2.51. The molecule has 0 radical (unpaired) electrons. The molecule has 0 aromatic heterocycles. The van der Waals surface area contributed by atoms with Crippen LogP contribution in [-0.4, -0.2) is 81.5 Å². The Kier molecular flexibility index (Phi) is 17.3. The smallest absolute Gasteiger partial charge is 0.326 e. The summed E-state index contributed by atoms with van der Waals surface area (Å²) >= 11 is 0. The predicted molar refractivity (Wildman–Crippen MR) is 154 cm³/mol. The van der Waals surface area contributed by atoms with E-state index in [1.807, 2.05) is 35.6 Å². The molecule has 14 heteroatoms. The number of hydrogen-bond donors (Lipinski definition) is 7. The van der Waals surface area contributed by atoms with E-state index in [9.17, 15) is 38.7 Å². The van der Waals surface area contributed by atoms with E-state index in [0.717, 1.165) is 24.8 Å². The van der Waals surface area contributed by atoms with Gasteiger partial charge in [-0.1, -0.05) is 49.6 Å². The number of ketones is 1. The van der Waals surface area contributed by atoms with Crippen LogP contribution in [0.4, 0.5) is 4.79 Å². The second-order valence-electron chi connectivity index (χ2n) is 10.2. The second-order valence-corrected chi connectivity index (χ2v) is 10.2. The van der Waals surface area contributed by atoms with Gasteiger partial charge in [-0.25, -0.2) is 14.4 Å². The van der Waals surface area contributed by atoms with Crippen LogP contribution >= 0.6 is 0 Å². The second kappa shape index (κ2) is 20.4. The van der Waals surface area contributed by atoms with Crippen molar-refractivity contribution in [3.63, 3.8) is 0 Å². The molecule has 0 aliphatic rings. The van der Waals surface area contributed by atoms with Gasteiger partial charge in [0.15, 0.2) is 5.78 Å². The molecule has 0 saturated carbocycles. The monoisotopic (exact) mass is 606 g/mol. The number of carbonyl (C=O) groups is 7. The number of carboxylic acid groups (broad SMARTS) is 3. The number of carbonyl (C=O) groups excluding carboxylic acids is 4. The Hall–Kier alpha value is -4.49. The summed E-state index contributed by atoms with van der Waals surface area (Å²) in [7, 11) is 0. The van der Waals surface area contributed by atoms with Gasteiger partial charge in [0, 0.05) is 25.8 Å². The maximum absolute atomic E-state index is 12.3. The number of benzene rings is 1. The highest BCUT2D eigenvalue weighted by atomic mass is 16.4. The number of carboxylic acids is 3. The summed E-state index contributed by atoms with van der Waals surface area (Å²) < 4.78 is 0. The van der Waals surface area contributed by atoms with E-state index in [0.29, 0.717) is 32.2 Å². The fourth-order valence-corrected chi connectivity index (χ4v) is 4.09. The Bertz CT molecular complexity index is 1100. The first-order chi connectivity index (χ1) is 20.4. The molecule has 0 aliphatic carbocycles. The summed E-state index contributed by atoms with van der Waals surface area (Å²) in [6.07, 6.45) is 3.22. The van der Waals surface area contributed by atoms with E-state index in [1.165, 1.54) is 6.92 Å². The molecule has 0 aliphatic heterocycles. The van der Waals surface area contributed by atoms with Crippen molar-refractivity contribution in [1.29, 1.82) is 0 Å². The van der Waals surface area contributed by atoms with Gasteiger partial charge in [-0.3, -0.25) is 19.2 Å². The highest BCUT2D eigenvalue weighted by molar-refractivity contribution is 5.88. The molecule has 3 atom stereocenters. The molecule has 1 aromatic rings. The summed E-state index contributed by atoms with van der Waals surface area (Å²) in [5.74, 6) is -4.81. The fraction of sp³-hybridized carbons (Fsp3) is 0.552. The van der Waals surface area contributed by atoms with Gasteiger partial charge < -0.3 is 36.6 Å². The maximum Gasteiger partial charge on any atom is 0.326 e. The number of nitrogens with one attached hydrogen (secondary N) is 4. The average molecular weight is 607 g/mol. The van der Waals surface area contributed by atoms with Crippen molar-refractivity contribution in [2.24, 2.45) is 0 Å². The molecule has 1 aromatic carbocycles. The quantitative estimate of drug-likeness (QED) is 0.0943. The summed E-state index contributed by atoms with van der Waals surface area (Å²) in [6, 6.07) is 4.83. The first kappa shape index (κ1) is 36.5. The number of urea groups is 1. The van der Waals surface area contributed by atoms with E-state index >= 15 is 0 Å². The van der Waals surface area contributed by atoms with Gasteiger partial charge in [0.25, 0.3) is 0 Å². The third-order valence-corrected chi connectivity index (χ3v) is 6.53. The van der Waals surface area contributed by atoms with Crippen molar-refractivity contribution in [1.82, 2.24) is 21.3 Å². The first-order valence-electron chi connectivity index (χ1n) is 14.2. The highest BCUT2D eigenvalue weighted by Gasteiger charge is 2.25. The third kappa shape index (κ3) is 17.2. The van der Waals surface area contributed by atoms with Crippen molar-refractivity contribution in [3.8, 4) is 0 Å². The zero-order chi connectivity index (χ0) is 32.2. The average Bonchev–Trinajstić information content (AvgIpc) is 2.94. The number of Topliss-reactive ketones (excluding diaryl/α,β-unsaturated/α-hetero) is 1. The predicted octanol–water partition coefficient (Wildman–Crippen LogP) is 1.61. The van der Waals surface area contributed by atoms with E-state index in [4.69, 9.17) is 10.2 Å². The molecule has 1 rings (SSSR count). The van der Waals surface area contributed by atoms with Crippen LogP contribution < -0.4 is 21.3 Å². The molecular weight excluding hydrogens is 564 g/mol. The van der Waals surface area contributed by atoms with Gasteiger partial charge in [0.05, 0.1) is 6.04 Å². The molecule has 0 spiro atoms. The van der Waals surface area contributed by atoms with Crippen LogP contribution in [0.1, 0.15) is 76.7 Å².